The van der Waals surface area contributed by atoms with Crippen molar-refractivity contribution in [1.29, 1.82) is 0 Å². The van der Waals surface area contributed by atoms with Gasteiger partial charge in [-0.1, -0.05) is 28.3 Å². The number of fused-ring (bicyclic) bond motifs is 1. The van der Waals surface area contributed by atoms with Crippen LogP contribution in [0.15, 0.2) is 97.7 Å². The number of hydrogen-bond acceptors (Lipinski definition) is 18. The molecule has 0 bridgehead atoms. The number of nitrogens with one attached hydrogen (secondary N) is 2. The van der Waals surface area contributed by atoms with E-state index in [2.05, 4.69) is 54.6 Å². The molecule has 1 aromatic heterocycles. The Morgan fingerprint density at radius 1 is 0.804 bits per heavy atom. The molecule has 5 aromatic rings. The molecular formula is C25H18ClN7O10S3. The highest BCUT2D eigenvalue weighted by Gasteiger charge is 2.17. The molecule has 5 rings (SSSR count). The molecule has 6 N–H and O–H groups in total. The fourth-order valence-electron chi connectivity index (χ4n) is 3.85. The molecule has 17 nitrogen and oxygen atoms in total. The van der Waals surface area contributed by atoms with Crippen molar-refractivity contribution in [3.05, 3.63) is 78.1 Å². The number of halogens is 1. The van der Waals surface area contributed by atoms with Gasteiger partial charge in [-0.2, -0.15) is 28.5 Å². The van der Waals surface area contributed by atoms with Gasteiger partial charge >= 0.3 is 0 Å². The SMILES string of the molecule is O=S(=O)(O)c1cccc(Nc2nc(Cl)nc(Nc3ccc4cc(SOOO)c(N=Nc5cccc(SOOO)c5)c(O)c4c3)n2)c1. The van der Waals surface area contributed by atoms with Gasteiger partial charge in [-0.25, -0.2) is 10.5 Å². The normalized spacial score (nSPS) is 11.7. The third kappa shape index (κ3) is 8.54. The van der Waals surface area contributed by atoms with E-state index in [-0.39, 0.29) is 44.1 Å². The van der Waals surface area contributed by atoms with E-state index >= 15 is 0 Å². The summed E-state index contributed by atoms with van der Waals surface area (Å²) in [6.07, 6.45) is 0. The first-order valence-electron chi connectivity index (χ1n) is 12.3. The average molecular weight is 708 g/mol. The Balaban J connectivity index is 1.45. The summed E-state index contributed by atoms with van der Waals surface area (Å²) >= 11 is 7.40. The van der Waals surface area contributed by atoms with Gasteiger partial charge in [-0.05, 0) is 71.6 Å². The van der Waals surface area contributed by atoms with Crippen LogP contribution in [-0.4, -0.2) is 43.5 Å². The fourth-order valence-corrected chi connectivity index (χ4v) is 5.44. The number of nitrogens with zero attached hydrogens (tertiary/aromatic N) is 5. The van der Waals surface area contributed by atoms with Crippen molar-refractivity contribution in [2.45, 2.75) is 14.7 Å². The standard InChI is InChI=1S/C25H18ClN7O10S3/c26-23-29-24(27-14-3-2-6-18(11-14)46(37,38)39)31-25(30-23)28-15-8-7-13-9-20(45-43-41-36)21(22(34)19(13)12-15)33-32-16-4-1-5-17(10-16)44-42-40-35/h1-12,34-36H,(H,37,38,39)(H2,27,28,29,30,31). The van der Waals surface area contributed by atoms with Gasteiger partial charge in [0.15, 0.2) is 5.75 Å². The van der Waals surface area contributed by atoms with Crippen molar-refractivity contribution in [1.82, 2.24) is 15.0 Å². The van der Waals surface area contributed by atoms with Crippen LogP contribution in [0.2, 0.25) is 5.28 Å². The molecule has 1 heterocycles. The summed E-state index contributed by atoms with van der Waals surface area (Å²) in [5.74, 6) is -0.334. The second-order valence-corrected chi connectivity index (χ2v) is 11.9. The monoisotopic (exact) mass is 707 g/mol. The molecular weight excluding hydrogens is 690 g/mol. The Morgan fingerprint density at radius 2 is 1.50 bits per heavy atom. The molecule has 21 heteroatoms. The zero-order valence-electron chi connectivity index (χ0n) is 22.5. The first-order valence-corrected chi connectivity index (χ1v) is 15.6. The molecule has 0 fully saturated rings. The smallest absolute Gasteiger partial charge is 0.294 e. The van der Waals surface area contributed by atoms with Crippen molar-refractivity contribution in [3.63, 3.8) is 0 Å². The molecule has 0 radical (unpaired) electrons. The van der Waals surface area contributed by atoms with E-state index in [1.165, 1.54) is 24.3 Å². The highest BCUT2D eigenvalue weighted by atomic mass is 35.5. The van der Waals surface area contributed by atoms with Gasteiger partial charge in [0.2, 0.25) is 17.2 Å². The van der Waals surface area contributed by atoms with Crippen LogP contribution in [0.25, 0.3) is 10.8 Å². The minimum atomic E-state index is -4.44. The van der Waals surface area contributed by atoms with E-state index < -0.39 is 10.1 Å². The quantitative estimate of drug-likeness (QED) is 0.0230. The van der Waals surface area contributed by atoms with E-state index in [1.54, 1.807) is 48.5 Å². The molecule has 0 atom stereocenters. The molecule has 238 valence electrons. The van der Waals surface area contributed by atoms with Gasteiger partial charge in [0.25, 0.3) is 10.1 Å². The molecule has 0 spiro atoms. The third-order valence-electron chi connectivity index (χ3n) is 5.70. The van der Waals surface area contributed by atoms with Crippen LogP contribution in [0, 0.1) is 0 Å². The lowest BCUT2D eigenvalue weighted by Crippen LogP contribution is -2.05. The lowest BCUT2D eigenvalue weighted by atomic mass is 10.1. The largest absolute Gasteiger partial charge is 0.505 e. The summed E-state index contributed by atoms with van der Waals surface area (Å²) in [7, 11) is -4.44. The van der Waals surface area contributed by atoms with Crippen molar-refractivity contribution in [2.75, 3.05) is 10.6 Å². The number of anilines is 4. The topological polar surface area (TPSA) is 239 Å². The minimum absolute atomic E-state index is 0.00110. The van der Waals surface area contributed by atoms with Gasteiger partial charge in [0.1, 0.15) is 5.69 Å². The minimum Gasteiger partial charge on any atom is -0.505 e. The number of azo groups is 1. The zero-order chi connectivity index (χ0) is 32.7. The van der Waals surface area contributed by atoms with Crippen molar-refractivity contribution >= 4 is 91.2 Å². The summed E-state index contributed by atoms with van der Waals surface area (Å²) in [5.41, 5.74) is 1.00. The fraction of sp³-hybridized carbons (Fsp3) is 0. The Bertz CT molecular complexity index is 2020. The number of phenolic OH excluding ortho intramolecular Hbond substituents is 1. The number of aromatic hydroxyl groups is 1. The van der Waals surface area contributed by atoms with Crippen LogP contribution in [0.5, 0.6) is 5.75 Å². The van der Waals surface area contributed by atoms with E-state index in [0.29, 0.717) is 39.1 Å². The Morgan fingerprint density at radius 3 is 2.22 bits per heavy atom. The van der Waals surface area contributed by atoms with Crippen molar-refractivity contribution in [3.8, 4) is 5.75 Å². The summed E-state index contributed by atoms with van der Waals surface area (Å²) in [6.45, 7) is 0. The Hall–Kier alpha value is -4.19. The van der Waals surface area contributed by atoms with Crippen LogP contribution in [0.3, 0.4) is 0 Å². The average Bonchev–Trinajstić information content (AvgIpc) is 3.02. The predicted molar refractivity (Wildman–Crippen MR) is 165 cm³/mol. The van der Waals surface area contributed by atoms with E-state index in [0.717, 1.165) is 12.0 Å². The second kappa shape index (κ2) is 14.9. The maximum Gasteiger partial charge on any atom is 0.294 e. The number of phenols is 1. The maximum atomic E-state index is 11.5. The van der Waals surface area contributed by atoms with Crippen LogP contribution in [-0.2, 0) is 28.9 Å². The highest BCUT2D eigenvalue weighted by molar-refractivity contribution is 7.95. The molecule has 0 aliphatic carbocycles. The summed E-state index contributed by atoms with van der Waals surface area (Å²) < 4.78 is 41.3. The Labute approximate surface area is 272 Å². The second-order valence-electron chi connectivity index (χ2n) is 8.66. The van der Waals surface area contributed by atoms with Crippen LogP contribution in [0.1, 0.15) is 0 Å². The first-order chi connectivity index (χ1) is 22.1. The molecule has 0 saturated carbocycles. The van der Waals surface area contributed by atoms with Gasteiger partial charge in [0.05, 0.1) is 39.6 Å². The van der Waals surface area contributed by atoms with Gasteiger partial charge < -0.3 is 15.7 Å². The Kier molecular flexibility index (Phi) is 10.8. The molecule has 0 aliphatic rings. The van der Waals surface area contributed by atoms with Crippen molar-refractivity contribution < 1.29 is 47.3 Å². The van der Waals surface area contributed by atoms with E-state index in [1.807, 2.05) is 0 Å². The number of hydrogen-bond donors (Lipinski definition) is 6. The summed E-state index contributed by atoms with van der Waals surface area (Å²) in [6, 6.07) is 18.4. The summed E-state index contributed by atoms with van der Waals surface area (Å²) in [4.78, 5) is 12.7. The third-order valence-corrected chi connectivity index (χ3v) is 7.92. The van der Waals surface area contributed by atoms with E-state index in [4.69, 9.17) is 22.1 Å². The molecule has 0 amide bonds. The number of rotatable bonds is 13. The van der Waals surface area contributed by atoms with Crippen LogP contribution < -0.4 is 10.6 Å². The molecule has 0 aliphatic heterocycles. The highest BCUT2D eigenvalue weighted by Crippen LogP contribution is 2.45. The van der Waals surface area contributed by atoms with E-state index in [9.17, 15) is 18.1 Å². The molecule has 0 unspecified atom stereocenters. The number of benzene rings is 4. The lowest BCUT2D eigenvalue weighted by Gasteiger charge is -2.12. The van der Waals surface area contributed by atoms with Crippen LogP contribution >= 0.6 is 35.7 Å². The molecule has 4 aromatic carbocycles. The predicted octanol–water partition coefficient (Wildman–Crippen LogP) is 7.39. The maximum absolute atomic E-state index is 11.5. The van der Waals surface area contributed by atoms with Crippen molar-refractivity contribution in [2.24, 2.45) is 10.2 Å². The molecule has 0 saturated heterocycles. The molecule has 46 heavy (non-hydrogen) atoms. The zero-order valence-corrected chi connectivity index (χ0v) is 25.7. The van der Waals surface area contributed by atoms with Gasteiger partial charge in [0, 0.05) is 21.7 Å². The first kappa shape index (κ1) is 33.2. The van der Waals surface area contributed by atoms with Gasteiger partial charge in [-0.15, -0.1) is 13.8 Å². The summed E-state index contributed by atoms with van der Waals surface area (Å²) in [5, 5.41) is 50.4. The lowest BCUT2D eigenvalue weighted by molar-refractivity contribution is -0.432. The van der Waals surface area contributed by atoms with Crippen LogP contribution in [0.4, 0.5) is 34.6 Å². The van der Waals surface area contributed by atoms with Gasteiger partial charge in [-0.3, -0.25) is 4.55 Å². The number of aromatic nitrogens is 3.